The summed E-state index contributed by atoms with van der Waals surface area (Å²) in [7, 11) is 0. The van der Waals surface area contributed by atoms with Crippen molar-refractivity contribution in [3.05, 3.63) is 223 Å². The second kappa shape index (κ2) is 14.4. The molecule has 0 saturated heterocycles. The van der Waals surface area contributed by atoms with Crippen molar-refractivity contribution in [2.24, 2.45) is 0 Å². The fourth-order valence-electron chi connectivity index (χ4n) is 8.97. The molecule has 282 valence electrons. The van der Waals surface area contributed by atoms with E-state index >= 15 is 0 Å². The number of aryl methyl sites for hydroxylation is 1. The maximum absolute atomic E-state index is 6.45. The molecular formula is C55H41N3O. The first kappa shape index (κ1) is 34.7. The lowest BCUT2D eigenvalue weighted by molar-refractivity contribution is 0.670. The highest BCUT2D eigenvalue weighted by Gasteiger charge is 2.22. The van der Waals surface area contributed by atoms with Crippen LogP contribution in [0.15, 0.2) is 216 Å². The van der Waals surface area contributed by atoms with Gasteiger partial charge in [-0.3, -0.25) is 0 Å². The quantitative estimate of drug-likeness (QED) is 0.167. The van der Waals surface area contributed by atoms with Crippen molar-refractivity contribution in [2.45, 2.75) is 19.3 Å². The van der Waals surface area contributed by atoms with Crippen LogP contribution >= 0.6 is 0 Å². The van der Waals surface area contributed by atoms with E-state index < -0.39 is 0 Å². The predicted octanol–water partition coefficient (Wildman–Crippen LogP) is 15.2. The van der Waals surface area contributed by atoms with Crippen molar-refractivity contribution in [1.82, 2.24) is 4.57 Å². The lowest BCUT2D eigenvalue weighted by Gasteiger charge is -2.31. The van der Waals surface area contributed by atoms with E-state index in [1.807, 2.05) is 18.2 Å². The molecule has 4 heteroatoms. The van der Waals surface area contributed by atoms with Crippen molar-refractivity contribution >= 4 is 66.5 Å². The van der Waals surface area contributed by atoms with Crippen molar-refractivity contribution in [3.8, 4) is 16.8 Å². The number of hydrogen-bond acceptors (Lipinski definition) is 3. The number of allylic oxidation sites excluding steroid dienone is 3. The third kappa shape index (κ3) is 6.18. The molecule has 11 rings (SSSR count). The van der Waals surface area contributed by atoms with E-state index in [9.17, 15) is 0 Å². The molecule has 4 nitrogen and oxygen atoms in total. The number of nitrogens with zero attached hydrogens (tertiary/aromatic N) is 2. The molecule has 1 unspecified atom stereocenters. The van der Waals surface area contributed by atoms with Gasteiger partial charge in [0.2, 0.25) is 0 Å². The van der Waals surface area contributed by atoms with Gasteiger partial charge in [0.25, 0.3) is 0 Å². The molecule has 1 aliphatic rings. The van der Waals surface area contributed by atoms with Gasteiger partial charge in [0, 0.05) is 67.2 Å². The summed E-state index contributed by atoms with van der Waals surface area (Å²) in [6.45, 7) is 2.21. The molecule has 2 heterocycles. The van der Waals surface area contributed by atoms with Crippen LogP contribution in [0.3, 0.4) is 0 Å². The Labute approximate surface area is 343 Å². The number of fused-ring (bicyclic) bond motifs is 6. The molecule has 0 radical (unpaired) electrons. The maximum Gasteiger partial charge on any atom is 0.143 e. The van der Waals surface area contributed by atoms with Crippen molar-refractivity contribution in [2.75, 3.05) is 10.2 Å². The maximum atomic E-state index is 6.45. The Balaban J connectivity index is 0.946. The summed E-state index contributed by atoms with van der Waals surface area (Å²) in [6, 6.07) is 67.1. The Morgan fingerprint density at radius 3 is 2.02 bits per heavy atom. The van der Waals surface area contributed by atoms with Gasteiger partial charge in [-0.2, -0.15) is 0 Å². The van der Waals surface area contributed by atoms with Gasteiger partial charge in [-0.25, -0.2) is 0 Å². The topological polar surface area (TPSA) is 33.3 Å². The largest absolute Gasteiger partial charge is 0.455 e. The average Bonchev–Trinajstić information content (AvgIpc) is 3.84. The number of para-hydroxylation sites is 5. The van der Waals surface area contributed by atoms with E-state index in [1.54, 1.807) is 0 Å². The molecule has 59 heavy (non-hydrogen) atoms. The minimum Gasteiger partial charge on any atom is -0.455 e. The lowest BCUT2D eigenvalue weighted by atomic mass is 9.90. The Morgan fingerprint density at radius 1 is 0.593 bits per heavy atom. The molecule has 0 amide bonds. The van der Waals surface area contributed by atoms with E-state index in [-0.39, 0.29) is 5.92 Å². The number of hydrogen-bond donors (Lipinski definition) is 1. The summed E-state index contributed by atoms with van der Waals surface area (Å²) in [5.74, 6) is 0.249. The fraction of sp³-hybridized carbons (Fsp3) is 0.0545. The normalized spacial score (nSPS) is 14.0. The van der Waals surface area contributed by atoms with Crippen LogP contribution in [0.2, 0.25) is 0 Å². The second-order valence-corrected chi connectivity index (χ2v) is 15.5. The highest BCUT2D eigenvalue weighted by Crippen LogP contribution is 2.41. The van der Waals surface area contributed by atoms with E-state index in [2.05, 4.69) is 210 Å². The molecule has 0 saturated carbocycles. The van der Waals surface area contributed by atoms with Gasteiger partial charge in [-0.1, -0.05) is 121 Å². The Bertz CT molecular complexity index is 3190. The third-order valence-corrected chi connectivity index (χ3v) is 11.8. The number of rotatable bonds is 8. The van der Waals surface area contributed by atoms with Gasteiger partial charge < -0.3 is 19.2 Å². The number of nitrogens with one attached hydrogen (secondary N) is 1. The van der Waals surface area contributed by atoms with Crippen molar-refractivity contribution in [3.63, 3.8) is 0 Å². The van der Waals surface area contributed by atoms with E-state index in [4.69, 9.17) is 4.42 Å². The van der Waals surface area contributed by atoms with Crippen LogP contribution < -0.4 is 10.2 Å². The summed E-state index contributed by atoms with van der Waals surface area (Å²) in [4.78, 5) is 2.40. The number of furan rings is 1. The molecule has 1 atom stereocenters. The Hall–Kier alpha value is -7.56. The first-order valence-electron chi connectivity index (χ1n) is 20.4. The summed E-state index contributed by atoms with van der Waals surface area (Å²) < 4.78 is 8.85. The van der Waals surface area contributed by atoms with Crippen LogP contribution in [0.4, 0.5) is 22.7 Å². The highest BCUT2D eigenvalue weighted by molar-refractivity contribution is 6.10. The average molecular weight is 760 g/mol. The van der Waals surface area contributed by atoms with E-state index in [0.717, 1.165) is 67.9 Å². The molecule has 10 aromatic rings. The number of benzene rings is 8. The molecule has 0 aliphatic heterocycles. The first-order chi connectivity index (χ1) is 29.2. The summed E-state index contributed by atoms with van der Waals surface area (Å²) in [5.41, 5.74) is 15.7. The van der Waals surface area contributed by atoms with Crippen molar-refractivity contribution < 1.29 is 4.42 Å². The summed E-state index contributed by atoms with van der Waals surface area (Å²) in [5, 5.41) is 8.38. The van der Waals surface area contributed by atoms with Gasteiger partial charge in [0.05, 0.1) is 11.0 Å². The second-order valence-electron chi connectivity index (χ2n) is 15.5. The van der Waals surface area contributed by atoms with E-state index in [0.29, 0.717) is 0 Å². The zero-order valence-electron chi connectivity index (χ0n) is 32.7. The van der Waals surface area contributed by atoms with Gasteiger partial charge in [0.15, 0.2) is 0 Å². The van der Waals surface area contributed by atoms with Gasteiger partial charge >= 0.3 is 0 Å². The van der Waals surface area contributed by atoms with Gasteiger partial charge in [0.1, 0.15) is 11.2 Å². The fourth-order valence-corrected chi connectivity index (χ4v) is 8.97. The molecule has 0 fully saturated rings. The van der Waals surface area contributed by atoms with E-state index in [1.165, 1.54) is 38.6 Å². The summed E-state index contributed by atoms with van der Waals surface area (Å²) >= 11 is 0. The standard InChI is InChI=1S/C55H41N3O/c1-37-35-40(46-20-12-21-50-49-19-7-10-24-54(49)59-55(46)50)27-34-51(37)57(44-32-28-42(29-33-44)56-41-14-3-2-4-15-41)43-30-25-38(26-31-43)39-13-11-16-45(36-39)58-52-22-8-5-17-47(52)48-18-6-9-23-53(48)58/h2-25,27-36,38,56H,26H2,1H3. The van der Waals surface area contributed by atoms with Gasteiger partial charge in [-0.15, -0.1) is 0 Å². The van der Waals surface area contributed by atoms with Crippen LogP contribution in [0.1, 0.15) is 23.5 Å². The van der Waals surface area contributed by atoms with Crippen LogP contribution in [0.5, 0.6) is 0 Å². The molecule has 8 aromatic carbocycles. The zero-order valence-corrected chi connectivity index (χ0v) is 32.7. The van der Waals surface area contributed by atoms with Gasteiger partial charge in [-0.05, 0) is 115 Å². The minimum absolute atomic E-state index is 0.249. The first-order valence-corrected chi connectivity index (χ1v) is 20.4. The third-order valence-electron chi connectivity index (χ3n) is 11.8. The Morgan fingerprint density at radius 2 is 1.27 bits per heavy atom. The Kier molecular flexibility index (Phi) is 8.48. The monoisotopic (exact) mass is 759 g/mol. The zero-order chi connectivity index (χ0) is 39.3. The van der Waals surface area contributed by atoms with Crippen molar-refractivity contribution in [1.29, 1.82) is 0 Å². The number of anilines is 4. The lowest BCUT2D eigenvalue weighted by Crippen LogP contribution is -2.18. The SMILES string of the molecule is Cc1cc(-c2cccc3c2oc2ccccc23)ccc1N(C1=CCC(c2cccc(-n3c4ccccc4c4ccccc43)c2)C=C1)c1ccc(Nc2ccccc2)cc1. The number of aromatic nitrogens is 1. The molecule has 0 bridgehead atoms. The smallest absolute Gasteiger partial charge is 0.143 e. The molecular weight excluding hydrogens is 719 g/mol. The van der Waals surface area contributed by atoms with Crippen LogP contribution in [-0.4, -0.2) is 4.57 Å². The molecule has 0 spiro atoms. The predicted molar refractivity (Wildman–Crippen MR) is 248 cm³/mol. The minimum atomic E-state index is 0.249. The van der Waals surface area contributed by atoms with Crippen LogP contribution in [0, 0.1) is 6.92 Å². The molecule has 1 N–H and O–H groups in total. The van der Waals surface area contributed by atoms with Crippen LogP contribution in [0.25, 0.3) is 60.6 Å². The highest BCUT2D eigenvalue weighted by atomic mass is 16.3. The molecule has 2 aromatic heterocycles. The van der Waals surface area contributed by atoms with Crippen LogP contribution in [-0.2, 0) is 0 Å². The summed E-state index contributed by atoms with van der Waals surface area (Å²) in [6.07, 6.45) is 7.97. The molecule has 1 aliphatic carbocycles.